The Morgan fingerprint density at radius 1 is 1.17 bits per heavy atom. The molecule has 5 nitrogen and oxygen atoms in total. The van der Waals surface area contributed by atoms with Gasteiger partial charge in [-0.15, -0.1) is 10.2 Å². The molecule has 0 fully saturated rings. The number of benzene rings is 1. The van der Waals surface area contributed by atoms with Gasteiger partial charge >= 0.3 is 0 Å². The molecule has 0 aliphatic carbocycles. The fourth-order valence-corrected chi connectivity index (χ4v) is 1.48. The van der Waals surface area contributed by atoms with E-state index < -0.39 is 11.6 Å². The lowest BCUT2D eigenvalue weighted by Gasteiger charge is -2.07. The zero-order valence-corrected chi connectivity index (χ0v) is 9.74. The van der Waals surface area contributed by atoms with Crippen LogP contribution in [0.15, 0.2) is 12.1 Å². The maximum Gasteiger partial charge on any atom is 0.165 e. The minimum Gasteiger partial charge on any atom is -0.494 e. The molecule has 0 aliphatic rings. The molecule has 2 rings (SSSR count). The Morgan fingerprint density at radius 2 is 1.89 bits per heavy atom. The third-order valence-electron chi connectivity index (χ3n) is 2.32. The summed E-state index contributed by atoms with van der Waals surface area (Å²) < 4.78 is 32.0. The largest absolute Gasteiger partial charge is 0.494 e. The van der Waals surface area contributed by atoms with Crippen LogP contribution < -0.4 is 10.5 Å². The number of nitrogens with zero attached hydrogens (tertiary/aromatic N) is 3. The molecule has 1 aromatic carbocycles. The van der Waals surface area contributed by atoms with Crippen molar-refractivity contribution in [2.75, 3.05) is 12.8 Å². The number of hydrogen-bond acceptors (Lipinski definition) is 5. The van der Waals surface area contributed by atoms with Crippen molar-refractivity contribution in [3.05, 3.63) is 29.6 Å². The highest BCUT2D eigenvalue weighted by molar-refractivity contribution is 5.70. The number of hydrogen-bond donors (Lipinski definition) is 1. The molecule has 0 spiro atoms. The van der Waals surface area contributed by atoms with Gasteiger partial charge in [0.25, 0.3) is 0 Å². The first kappa shape index (κ1) is 12.2. The molecule has 1 heterocycles. The summed E-state index contributed by atoms with van der Waals surface area (Å²) >= 11 is 0. The van der Waals surface area contributed by atoms with E-state index in [9.17, 15) is 8.78 Å². The summed E-state index contributed by atoms with van der Waals surface area (Å²) in [5, 5.41) is 7.39. The van der Waals surface area contributed by atoms with E-state index in [0.717, 1.165) is 12.1 Å². The van der Waals surface area contributed by atoms with Crippen molar-refractivity contribution in [2.24, 2.45) is 0 Å². The molecule has 18 heavy (non-hydrogen) atoms. The first-order valence-electron chi connectivity index (χ1n) is 5.03. The van der Waals surface area contributed by atoms with Crippen molar-refractivity contribution in [3.63, 3.8) is 0 Å². The van der Waals surface area contributed by atoms with Gasteiger partial charge in [0.15, 0.2) is 17.4 Å². The molecule has 0 radical (unpaired) electrons. The molecule has 0 saturated carbocycles. The third kappa shape index (κ3) is 2.06. The lowest BCUT2D eigenvalue weighted by atomic mass is 10.1. The third-order valence-corrected chi connectivity index (χ3v) is 2.32. The second kappa shape index (κ2) is 4.52. The molecule has 0 aliphatic heterocycles. The van der Waals surface area contributed by atoms with Gasteiger partial charge < -0.3 is 10.5 Å². The summed E-state index contributed by atoms with van der Waals surface area (Å²) in [6, 6.07) is 1.87. The predicted molar refractivity (Wildman–Crippen MR) is 60.9 cm³/mol. The summed E-state index contributed by atoms with van der Waals surface area (Å²) in [7, 11) is 1.25. The number of aryl methyl sites for hydroxylation is 1. The van der Waals surface area contributed by atoms with Gasteiger partial charge in [0, 0.05) is 11.6 Å². The van der Waals surface area contributed by atoms with Gasteiger partial charge in [-0.25, -0.2) is 13.8 Å². The average molecular weight is 252 g/mol. The number of halogens is 2. The average Bonchev–Trinajstić information content (AvgIpc) is 2.32. The first-order valence-corrected chi connectivity index (χ1v) is 5.03. The van der Waals surface area contributed by atoms with Crippen LogP contribution in [0.2, 0.25) is 0 Å². The molecule has 2 N–H and O–H groups in total. The smallest absolute Gasteiger partial charge is 0.165 e. The van der Waals surface area contributed by atoms with Crippen LogP contribution in [-0.2, 0) is 0 Å². The van der Waals surface area contributed by atoms with E-state index in [0.29, 0.717) is 5.82 Å². The van der Waals surface area contributed by atoms with Gasteiger partial charge in [0.05, 0.1) is 7.11 Å². The number of methoxy groups -OCH3 is 1. The second-order valence-electron chi connectivity index (χ2n) is 3.56. The highest BCUT2D eigenvalue weighted by Crippen LogP contribution is 2.29. The minimum absolute atomic E-state index is 0.000321. The van der Waals surface area contributed by atoms with Crippen molar-refractivity contribution < 1.29 is 13.5 Å². The van der Waals surface area contributed by atoms with Crippen LogP contribution in [-0.4, -0.2) is 22.3 Å². The van der Waals surface area contributed by atoms with Gasteiger partial charge in [-0.2, -0.15) is 0 Å². The minimum atomic E-state index is -0.712. The van der Waals surface area contributed by atoms with E-state index in [1.807, 2.05) is 0 Å². The Labute approximate surface area is 102 Å². The fraction of sp³-hybridized carbons (Fsp3) is 0.182. The van der Waals surface area contributed by atoms with Gasteiger partial charge in [0.2, 0.25) is 0 Å². The summed E-state index contributed by atoms with van der Waals surface area (Å²) in [6.45, 7) is 1.60. The van der Waals surface area contributed by atoms with Crippen molar-refractivity contribution in [1.82, 2.24) is 15.2 Å². The first-order chi connectivity index (χ1) is 8.52. The Bertz CT molecular complexity index is 604. The van der Waals surface area contributed by atoms with Crippen LogP contribution in [0.3, 0.4) is 0 Å². The van der Waals surface area contributed by atoms with Crippen molar-refractivity contribution in [2.45, 2.75) is 6.92 Å². The highest BCUT2D eigenvalue weighted by atomic mass is 19.1. The summed E-state index contributed by atoms with van der Waals surface area (Å²) in [5.74, 6) is -1.27. The van der Waals surface area contributed by atoms with E-state index in [1.54, 1.807) is 6.92 Å². The Balaban J connectivity index is 2.60. The standard InChI is InChI=1S/C11H10F2N4O/c1-5-15-11(14)10(17-16-5)6-3-8(13)9(18-2)4-7(6)12/h3-4H,1-2H3,(H2,14,15,16). The van der Waals surface area contributed by atoms with E-state index in [1.165, 1.54) is 7.11 Å². The van der Waals surface area contributed by atoms with Crippen LogP contribution in [0, 0.1) is 18.6 Å². The van der Waals surface area contributed by atoms with Crippen molar-refractivity contribution >= 4 is 5.82 Å². The SMILES string of the molecule is COc1cc(F)c(-c2nnc(C)nc2N)cc1F. The molecule has 0 saturated heterocycles. The molecule has 2 aromatic rings. The number of ether oxygens (including phenoxy) is 1. The normalized spacial score (nSPS) is 10.4. The van der Waals surface area contributed by atoms with Gasteiger partial charge in [-0.3, -0.25) is 0 Å². The van der Waals surface area contributed by atoms with E-state index in [-0.39, 0.29) is 22.8 Å². The molecule has 0 amide bonds. The quantitative estimate of drug-likeness (QED) is 0.880. The van der Waals surface area contributed by atoms with Crippen molar-refractivity contribution in [1.29, 1.82) is 0 Å². The number of anilines is 1. The number of aromatic nitrogens is 3. The Morgan fingerprint density at radius 3 is 2.50 bits per heavy atom. The summed E-state index contributed by atoms with van der Waals surface area (Å²) in [6.07, 6.45) is 0. The fourth-order valence-electron chi connectivity index (χ4n) is 1.48. The molecular formula is C11H10F2N4O. The zero-order valence-electron chi connectivity index (χ0n) is 9.74. The van der Waals surface area contributed by atoms with Crippen LogP contribution in [0.1, 0.15) is 5.82 Å². The van der Waals surface area contributed by atoms with Crippen LogP contribution >= 0.6 is 0 Å². The summed E-state index contributed by atoms with van der Waals surface area (Å²) in [4.78, 5) is 3.85. The van der Waals surface area contributed by atoms with E-state index in [2.05, 4.69) is 19.9 Å². The highest BCUT2D eigenvalue weighted by Gasteiger charge is 2.16. The molecule has 1 aromatic heterocycles. The second-order valence-corrected chi connectivity index (χ2v) is 3.56. The predicted octanol–water partition coefficient (Wildman–Crippen LogP) is 1.72. The van der Waals surface area contributed by atoms with E-state index in [4.69, 9.17) is 5.73 Å². The van der Waals surface area contributed by atoms with Gasteiger partial charge in [-0.1, -0.05) is 0 Å². The van der Waals surface area contributed by atoms with Gasteiger partial charge in [-0.05, 0) is 13.0 Å². The van der Waals surface area contributed by atoms with Crippen LogP contribution in [0.5, 0.6) is 5.75 Å². The Kier molecular flexibility index (Phi) is 3.05. The van der Waals surface area contributed by atoms with Crippen LogP contribution in [0.25, 0.3) is 11.3 Å². The molecule has 0 atom stereocenters. The molecule has 0 bridgehead atoms. The number of nitrogen functional groups attached to an aromatic ring is 1. The van der Waals surface area contributed by atoms with Crippen LogP contribution in [0.4, 0.5) is 14.6 Å². The monoisotopic (exact) mass is 252 g/mol. The maximum atomic E-state index is 13.8. The Hall–Kier alpha value is -2.31. The van der Waals surface area contributed by atoms with Crippen molar-refractivity contribution in [3.8, 4) is 17.0 Å². The molecular weight excluding hydrogens is 242 g/mol. The summed E-state index contributed by atoms with van der Waals surface area (Å²) in [5.41, 5.74) is 5.50. The topological polar surface area (TPSA) is 73.9 Å². The number of rotatable bonds is 2. The lowest BCUT2D eigenvalue weighted by Crippen LogP contribution is -2.04. The molecule has 7 heteroatoms. The zero-order chi connectivity index (χ0) is 13.3. The molecule has 94 valence electrons. The van der Waals surface area contributed by atoms with Gasteiger partial charge in [0.1, 0.15) is 17.3 Å². The van der Waals surface area contributed by atoms with E-state index >= 15 is 0 Å². The molecule has 0 unspecified atom stereocenters. The lowest BCUT2D eigenvalue weighted by molar-refractivity contribution is 0.383. The maximum absolute atomic E-state index is 13.8. The number of nitrogens with two attached hydrogens (primary N) is 1.